The summed E-state index contributed by atoms with van der Waals surface area (Å²) >= 11 is 0. The van der Waals surface area contributed by atoms with E-state index in [1.807, 2.05) is 11.7 Å². The number of rotatable bonds is 11. The Morgan fingerprint density at radius 2 is 1.47 bits per heavy atom. The number of hydrogen-bond donors (Lipinski definition) is 0. The molecule has 1 aromatic rings. The summed E-state index contributed by atoms with van der Waals surface area (Å²) in [6.45, 7) is 4.52. The van der Waals surface area contributed by atoms with Crippen LogP contribution in [0.4, 0.5) is 0 Å². The summed E-state index contributed by atoms with van der Waals surface area (Å²) in [5, 5.41) is 12.0. The number of unbranched alkanes of at least 4 members (excludes halogenated alkanes) is 6. The zero-order valence-electron chi connectivity index (χ0n) is 12.9. The van der Waals surface area contributed by atoms with Crippen molar-refractivity contribution in [1.29, 1.82) is 0 Å². The summed E-state index contributed by atoms with van der Waals surface area (Å²) in [6, 6.07) is 0. The zero-order valence-corrected chi connectivity index (χ0v) is 12.9. The topological polar surface area (TPSA) is 43.6 Å². The molecule has 0 fully saturated rings. The minimum atomic E-state index is 0.550. The quantitative estimate of drug-likeness (QED) is 0.563. The first-order valence-electron chi connectivity index (χ1n) is 8.01. The SMILES string of the molecule is CCCCCCC(CCCCCC)c1nnnn1C. The normalized spacial score (nSPS) is 11.4. The van der Waals surface area contributed by atoms with Crippen molar-refractivity contribution in [2.24, 2.45) is 7.05 Å². The van der Waals surface area contributed by atoms with Crippen molar-refractivity contribution in [3.63, 3.8) is 0 Å². The van der Waals surface area contributed by atoms with Crippen LogP contribution in [0.15, 0.2) is 0 Å². The highest BCUT2D eigenvalue weighted by Gasteiger charge is 2.16. The van der Waals surface area contributed by atoms with Crippen molar-refractivity contribution >= 4 is 0 Å². The van der Waals surface area contributed by atoms with Gasteiger partial charge in [-0.05, 0) is 23.3 Å². The second-order valence-corrected chi connectivity index (χ2v) is 5.56. The van der Waals surface area contributed by atoms with E-state index in [0.717, 1.165) is 5.82 Å². The maximum absolute atomic E-state index is 4.22. The van der Waals surface area contributed by atoms with Crippen LogP contribution in [0.1, 0.15) is 89.8 Å². The molecule has 0 unspecified atom stereocenters. The van der Waals surface area contributed by atoms with Gasteiger partial charge < -0.3 is 0 Å². The third-order valence-electron chi connectivity index (χ3n) is 3.83. The van der Waals surface area contributed by atoms with Gasteiger partial charge in [0, 0.05) is 13.0 Å². The van der Waals surface area contributed by atoms with Gasteiger partial charge >= 0.3 is 0 Å². The summed E-state index contributed by atoms with van der Waals surface area (Å²) in [5.74, 6) is 1.63. The van der Waals surface area contributed by atoms with Crippen LogP contribution in [-0.2, 0) is 7.05 Å². The fourth-order valence-electron chi connectivity index (χ4n) is 2.62. The van der Waals surface area contributed by atoms with Gasteiger partial charge in [-0.2, -0.15) is 0 Å². The largest absolute Gasteiger partial charge is 0.232 e. The Hall–Kier alpha value is -0.930. The van der Waals surface area contributed by atoms with Gasteiger partial charge in [-0.3, -0.25) is 0 Å². The van der Waals surface area contributed by atoms with E-state index in [1.165, 1.54) is 64.2 Å². The summed E-state index contributed by atoms with van der Waals surface area (Å²) in [7, 11) is 1.96. The molecule has 0 radical (unpaired) electrons. The minimum absolute atomic E-state index is 0.550. The molecule has 0 spiro atoms. The lowest BCUT2D eigenvalue weighted by atomic mass is 9.94. The number of tetrazole rings is 1. The van der Waals surface area contributed by atoms with Gasteiger partial charge in [0.15, 0.2) is 5.82 Å². The van der Waals surface area contributed by atoms with E-state index in [1.54, 1.807) is 0 Å². The van der Waals surface area contributed by atoms with Gasteiger partial charge in [-0.1, -0.05) is 65.2 Å². The molecule has 1 heterocycles. The molecule has 0 aliphatic carbocycles. The van der Waals surface area contributed by atoms with Crippen molar-refractivity contribution in [2.75, 3.05) is 0 Å². The third-order valence-corrected chi connectivity index (χ3v) is 3.83. The fourth-order valence-corrected chi connectivity index (χ4v) is 2.62. The van der Waals surface area contributed by atoms with Gasteiger partial charge in [0.05, 0.1) is 0 Å². The predicted molar refractivity (Wildman–Crippen MR) is 79.1 cm³/mol. The molecule has 4 heteroatoms. The van der Waals surface area contributed by atoms with Crippen LogP contribution in [-0.4, -0.2) is 20.2 Å². The number of hydrogen-bond acceptors (Lipinski definition) is 3. The first-order valence-corrected chi connectivity index (χ1v) is 8.01. The van der Waals surface area contributed by atoms with E-state index in [2.05, 4.69) is 29.4 Å². The monoisotopic (exact) mass is 266 g/mol. The first-order chi connectivity index (χ1) is 9.29. The molecule has 0 aromatic carbocycles. The molecule has 110 valence electrons. The Morgan fingerprint density at radius 3 is 1.89 bits per heavy atom. The molecule has 0 amide bonds. The third kappa shape index (κ3) is 6.17. The maximum Gasteiger partial charge on any atom is 0.153 e. The molecule has 0 N–H and O–H groups in total. The van der Waals surface area contributed by atoms with Gasteiger partial charge in [-0.15, -0.1) is 5.10 Å². The molecule has 0 saturated carbocycles. The summed E-state index contributed by atoms with van der Waals surface area (Å²) < 4.78 is 1.85. The number of nitrogens with zero attached hydrogens (tertiary/aromatic N) is 4. The Bertz CT molecular complexity index is 310. The molecule has 19 heavy (non-hydrogen) atoms. The minimum Gasteiger partial charge on any atom is -0.232 e. The lowest BCUT2D eigenvalue weighted by Crippen LogP contribution is -2.08. The molecule has 4 nitrogen and oxygen atoms in total. The predicted octanol–water partition coefficient (Wildman–Crippen LogP) is 4.23. The lowest BCUT2D eigenvalue weighted by Gasteiger charge is -2.15. The molecule has 0 aliphatic heterocycles. The van der Waals surface area contributed by atoms with E-state index in [0.29, 0.717) is 5.92 Å². The van der Waals surface area contributed by atoms with E-state index in [4.69, 9.17) is 0 Å². The Balaban J connectivity index is 2.41. The fraction of sp³-hybridized carbons (Fsp3) is 0.933. The maximum atomic E-state index is 4.22. The van der Waals surface area contributed by atoms with Crippen LogP contribution in [0.5, 0.6) is 0 Å². The average Bonchev–Trinajstić information content (AvgIpc) is 2.83. The van der Waals surface area contributed by atoms with Crippen LogP contribution < -0.4 is 0 Å². The lowest BCUT2D eigenvalue weighted by molar-refractivity contribution is 0.464. The highest BCUT2D eigenvalue weighted by atomic mass is 15.5. The standard InChI is InChI=1S/C15H30N4/c1-4-6-8-10-12-14(13-11-9-7-5-2)15-16-17-18-19(15)3/h14H,4-13H2,1-3H3. The molecule has 1 rings (SSSR count). The van der Waals surface area contributed by atoms with Crippen molar-refractivity contribution < 1.29 is 0 Å². The van der Waals surface area contributed by atoms with Gasteiger partial charge in [0.25, 0.3) is 0 Å². The molecule has 1 aromatic heterocycles. The van der Waals surface area contributed by atoms with Gasteiger partial charge in [0.1, 0.15) is 0 Å². The molecule has 0 aliphatic rings. The molecule has 0 bridgehead atoms. The van der Waals surface area contributed by atoms with E-state index in [9.17, 15) is 0 Å². The first kappa shape index (κ1) is 16.1. The molecule has 0 atom stereocenters. The van der Waals surface area contributed by atoms with Crippen molar-refractivity contribution in [3.8, 4) is 0 Å². The van der Waals surface area contributed by atoms with Crippen LogP contribution in [0.2, 0.25) is 0 Å². The second-order valence-electron chi connectivity index (χ2n) is 5.56. The van der Waals surface area contributed by atoms with Crippen molar-refractivity contribution in [2.45, 2.75) is 84.0 Å². The molecule has 0 saturated heterocycles. The van der Waals surface area contributed by atoms with E-state index < -0.39 is 0 Å². The van der Waals surface area contributed by atoms with Crippen LogP contribution in [0, 0.1) is 0 Å². The summed E-state index contributed by atoms with van der Waals surface area (Å²) in [4.78, 5) is 0. The summed E-state index contributed by atoms with van der Waals surface area (Å²) in [5.41, 5.74) is 0. The van der Waals surface area contributed by atoms with E-state index >= 15 is 0 Å². The second kappa shape index (κ2) is 9.93. The van der Waals surface area contributed by atoms with E-state index in [-0.39, 0.29) is 0 Å². The Morgan fingerprint density at radius 1 is 0.895 bits per heavy atom. The Labute approximate surface area is 118 Å². The smallest absolute Gasteiger partial charge is 0.153 e. The van der Waals surface area contributed by atoms with Crippen molar-refractivity contribution in [3.05, 3.63) is 5.82 Å². The van der Waals surface area contributed by atoms with Gasteiger partial charge in [0.2, 0.25) is 0 Å². The van der Waals surface area contributed by atoms with Crippen LogP contribution in [0.3, 0.4) is 0 Å². The number of aryl methyl sites for hydroxylation is 1. The van der Waals surface area contributed by atoms with Crippen LogP contribution in [0.25, 0.3) is 0 Å². The molecular weight excluding hydrogens is 236 g/mol. The summed E-state index contributed by atoms with van der Waals surface area (Å²) in [6.07, 6.45) is 13.1. The van der Waals surface area contributed by atoms with Crippen LogP contribution >= 0.6 is 0 Å². The Kier molecular flexibility index (Phi) is 8.43. The average molecular weight is 266 g/mol. The van der Waals surface area contributed by atoms with Gasteiger partial charge in [-0.25, -0.2) is 4.68 Å². The highest BCUT2D eigenvalue weighted by Crippen LogP contribution is 2.26. The highest BCUT2D eigenvalue weighted by molar-refractivity contribution is 4.92. The number of aromatic nitrogens is 4. The molecular formula is C15H30N4. The zero-order chi connectivity index (χ0) is 13.9. The van der Waals surface area contributed by atoms with Crippen molar-refractivity contribution in [1.82, 2.24) is 20.2 Å².